The summed E-state index contributed by atoms with van der Waals surface area (Å²) >= 11 is 0. The Bertz CT molecular complexity index is 668. The molecule has 0 aromatic heterocycles. The van der Waals surface area contributed by atoms with Gasteiger partial charge in [0.25, 0.3) is 0 Å². The third kappa shape index (κ3) is 6.54. The van der Waals surface area contributed by atoms with Crippen molar-refractivity contribution in [2.75, 3.05) is 26.3 Å². The summed E-state index contributed by atoms with van der Waals surface area (Å²) in [5.41, 5.74) is 1.12. The molecule has 28 heavy (non-hydrogen) atoms. The fraction of sp³-hybridized carbons (Fsp3) is 0.571. The van der Waals surface area contributed by atoms with Crippen molar-refractivity contribution in [1.29, 1.82) is 5.26 Å². The summed E-state index contributed by atoms with van der Waals surface area (Å²) in [6.45, 7) is 5.93. The molecule has 1 saturated heterocycles. The summed E-state index contributed by atoms with van der Waals surface area (Å²) in [5.74, 6) is -0.353. The zero-order valence-electron chi connectivity index (χ0n) is 16.7. The molecule has 2 rings (SSSR count). The third-order valence-electron chi connectivity index (χ3n) is 5.11. The molecule has 0 saturated carbocycles. The summed E-state index contributed by atoms with van der Waals surface area (Å²) < 4.78 is 5.26. The van der Waals surface area contributed by atoms with E-state index in [1.165, 1.54) is 0 Å². The van der Waals surface area contributed by atoms with Gasteiger partial charge in [-0.15, -0.1) is 0 Å². The van der Waals surface area contributed by atoms with Crippen LogP contribution in [0.3, 0.4) is 0 Å². The standard InChI is InChI=1S/C21H30N4O3/c1-3-16(2)19(24-21(27)25-11-13-28-14-12-25)20(26)23-18(15-22)10-9-17-7-5-4-6-8-17/h4-8,16,18-19H,3,9-14H2,1-2H3,(H,23,26)(H,24,27)/t16-,18-,19-/m0/s1. The van der Waals surface area contributed by atoms with Gasteiger partial charge in [0.2, 0.25) is 5.91 Å². The van der Waals surface area contributed by atoms with Gasteiger partial charge in [0, 0.05) is 13.1 Å². The molecule has 1 heterocycles. The van der Waals surface area contributed by atoms with Crippen LogP contribution in [0.25, 0.3) is 0 Å². The van der Waals surface area contributed by atoms with Crippen LogP contribution < -0.4 is 10.6 Å². The number of aryl methyl sites for hydroxylation is 1. The average molecular weight is 386 g/mol. The topological polar surface area (TPSA) is 94.5 Å². The second-order valence-corrected chi connectivity index (χ2v) is 7.13. The number of nitriles is 1. The lowest BCUT2D eigenvalue weighted by Crippen LogP contribution is -2.56. The van der Waals surface area contributed by atoms with Gasteiger partial charge in [0.1, 0.15) is 12.1 Å². The molecule has 0 spiro atoms. The van der Waals surface area contributed by atoms with E-state index in [0.717, 1.165) is 12.0 Å². The van der Waals surface area contributed by atoms with Crippen LogP contribution in [0.5, 0.6) is 0 Å². The van der Waals surface area contributed by atoms with Crippen LogP contribution in [-0.2, 0) is 16.0 Å². The Balaban J connectivity index is 1.94. The van der Waals surface area contributed by atoms with E-state index in [1.54, 1.807) is 4.90 Å². The first-order valence-corrected chi connectivity index (χ1v) is 9.92. The molecular weight excluding hydrogens is 356 g/mol. The lowest BCUT2D eigenvalue weighted by Gasteiger charge is -2.31. The molecule has 2 N–H and O–H groups in total. The molecule has 152 valence electrons. The Kier molecular flexibility index (Phi) is 8.76. The predicted molar refractivity (Wildman–Crippen MR) is 106 cm³/mol. The molecule has 1 aromatic carbocycles. The van der Waals surface area contributed by atoms with Crippen molar-refractivity contribution in [1.82, 2.24) is 15.5 Å². The smallest absolute Gasteiger partial charge is 0.318 e. The monoisotopic (exact) mass is 386 g/mol. The van der Waals surface area contributed by atoms with Crippen molar-refractivity contribution in [2.45, 2.75) is 45.2 Å². The highest BCUT2D eigenvalue weighted by atomic mass is 16.5. The molecule has 0 aliphatic carbocycles. The van der Waals surface area contributed by atoms with E-state index in [2.05, 4.69) is 16.7 Å². The number of rotatable bonds is 8. The van der Waals surface area contributed by atoms with Crippen LogP contribution in [-0.4, -0.2) is 55.2 Å². The Hall–Kier alpha value is -2.59. The maximum atomic E-state index is 12.8. The second kappa shape index (κ2) is 11.3. The van der Waals surface area contributed by atoms with Crippen molar-refractivity contribution < 1.29 is 14.3 Å². The number of hydrogen-bond acceptors (Lipinski definition) is 4. The minimum Gasteiger partial charge on any atom is -0.378 e. The minimum atomic E-state index is -0.673. The van der Waals surface area contributed by atoms with Crippen LogP contribution in [0.2, 0.25) is 0 Å². The zero-order chi connectivity index (χ0) is 20.4. The van der Waals surface area contributed by atoms with Gasteiger partial charge in [-0.05, 0) is 24.3 Å². The summed E-state index contributed by atoms with van der Waals surface area (Å²) in [6.07, 6.45) is 1.97. The highest BCUT2D eigenvalue weighted by Crippen LogP contribution is 2.11. The first-order valence-electron chi connectivity index (χ1n) is 9.92. The fourth-order valence-corrected chi connectivity index (χ4v) is 3.08. The van der Waals surface area contributed by atoms with Gasteiger partial charge < -0.3 is 20.3 Å². The maximum Gasteiger partial charge on any atom is 0.318 e. The molecule has 3 atom stereocenters. The quantitative estimate of drug-likeness (QED) is 0.715. The molecule has 7 heteroatoms. The van der Waals surface area contributed by atoms with E-state index in [1.807, 2.05) is 44.2 Å². The number of morpholine rings is 1. The Labute approximate surface area is 167 Å². The van der Waals surface area contributed by atoms with Crippen LogP contribution >= 0.6 is 0 Å². The number of benzene rings is 1. The number of urea groups is 1. The number of nitrogens with zero attached hydrogens (tertiary/aromatic N) is 2. The Morgan fingerprint density at radius 3 is 2.50 bits per heavy atom. The first kappa shape index (κ1) is 21.7. The predicted octanol–water partition coefficient (Wildman–Crippen LogP) is 2.08. The fourth-order valence-electron chi connectivity index (χ4n) is 3.08. The Morgan fingerprint density at radius 2 is 1.89 bits per heavy atom. The first-order chi connectivity index (χ1) is 13.5. The highest BCUT2D eigenvalue weighted by molar-refractivity contribution is 5.87. The van der Waals surface area contributed by atoms with Crippen molar-refractivity contribution in [3.8, 4) is 6.07 Å². The van der Waals surface area contributed by atoms with Gasteiger partial charge in [-0.25, -0.2) is 4.79 Å². The number of carbonyl (C=O) groups is 2. The van der Waals surface area contributed by atoms with Gasteiger partial charge in [-0.2, -0.15) is 5.26 Å². The van der Waals surface area contributed by atoms with Crippen molar-refractivity contribution in [3.05, 3.63) is 35.9 Å². The molecule has 1 fully saturated rings. The number of carbonyl (C=O) groups excluding carboxylic acids is 2. The van der Waals surface area contributed by atoms with E-state index in [-0.39, 0.29) is 17.9 Å². The SMILES string of the molecule is CC[C@H](C)[C@H](NC(=O)N1CCOCC1)C(=O)N[C@H](C#N)CCc1ccccc1. The lowest BCUT2D eigenvalue weighted by molar-refractivity contribution is -0.124. The summed E-state index contributed by atoms with van der Waals surface area (Å²) in [6, 6.07) is 10.5. The van der Waals surface area contributed by atoms with Gasteiger partial charge in [0.15, 0.2) is 0 Å². The average Bonchev–Trinajstić information content (AvgIpc) is 2.75. The van der Waals surface area contributed by atoms with Crippen molar-refractivity contribution >= 4 is 11.9 Å². The summed E-state index contributed by atoms with van der Waals surface area (Å²) in [5, 5.41) is 15.1. The van der Waals surface area contributed by atoms with Crippen LogP contribution in [0.1, 0.15) is 32.3 Å². The molecule has 3 amide bonds. The number of amides is 3. The summed E-state index contributed by atoms with van der Waals surface area (Å²) in [7, 11) is 0. The van der Waals surface area contributed by atoms with Gasteiger partial charge >= 0.3 is 6.03 Å². The van der Waals surface area contributed by atoms with Crippen LogP contribution in [0, 0.1) is 17.2 Å². The third-order valence-corrected chi connectivity index (χ3v) is 5.11. The molecule has 1 aliphatic heterocycles. The molecule has 1 aromatic rings. The molecular formula is C21H30N4O3. The molecule has 0 unspecified atom stereocenters. The number of nitrogens with one attached hydrogen (secondary N) is 2. The molecule has 7 nitrogen and oxygen atoms in total. The van der Waals surface area contributed by atoms with Gasteiger partial charge in [-0.1, -0.05) is 50.6 Å². The normalized spacial score (nSPS) is 17.1. The Morgan fingerprint density at radius 1 is 1.21 bits per heavy atom. The van der Waals surface area contributed by atoms with Crippen LogP contribution in [0.4, 0.5) is 4.79 Å². The lowest BCUT2D eigenvalue weighted by atomic mass is 9.97. The molecule has 1 aliphatic rings. The number of hydrogen-bond donors (Lipinski definition) is 2. The zero-order valence-corrected chi connectivity index (χ0v) is 16.7. The summed E-state index contributed by atoms with van der Waals surface area (Å²) in [4.78, 5) is 27.0. The van der Waals surface area contributed by atoms with Gasteiger partial charge in [-0.3, -0.25) is 4.79 Å². The number of ether oxygens (including phenoxy) is 1. The van der Waals surface area contributed by atoms with E-state index >= 15 is 0 Å². The molecule has 0 bridgehead atoms. The second-order valence-electron chi connectivity index (χ2n) is 7.13. The van der Waals surface area contributed by atoms with Gasteiger partial charge in [0.05, 0.1) is 19.3 Å². The van der Waals surface area contributed by atoms with E-state index in [0.29, 0.717) is 39.1 Å². The minimum absolute atomic E-state index is 0.0431. The van der Waals surface area contributed by atoms with E-state index in [4.69, 9.17) is 4.74 Å². The molecule has 0 radical (unpaired) electrons. The maximum absolute atomic E-state index is 12.8. The highest BCUT2D eigenvalue weighted by Gasteiger charge is 2.29. The van der Waals surface area contributed by atoms with Crippen molar-refractivity contribution in [2.24, 2.45) is 5.92 Å². The van der Waals surface area contributed by atoms with E-state index in [9.17, 15) is 14.9 Å². The van der Waals surface area contributed by atoms with Crippen molar-refractivity contribution in [3.63, 3.8) is 0 Å². The van der Waals surface area contributed by atoms with Crippen LogP contribution in [0.15, 0.2) is 30.3 Å². The van der Waals surface area contributed by atoms with E-state index < -0.39 is 12.1 Å². The largest absolute Gasteiger partial charge is 0.378 e.